The number of fused-ring (bicyclic) bond motifs is 1. The predicted molar refractivity (Wildman–Crippen MR) is 83.5 cm³/mol. The Hall–Kier alpha value is -1.81. The summed E-state index contributed by atoms with van der Waals surface area (Å²) in [5.74, 6) is 0.993. The first-order chi connectivity index (χ1) is 10.2. The third kappa shape index (κ3) is 2.81. The number of hydrogen-bond acceptors (Lipinski definition) is 3. The number of nitrogens with one attached hydrogen (secondary N) is 1. The van der Waals surface area contributed by atoms with Gasteiger partial charge in [-0.05, 0) is 26.5 Å². The maximum atomic E-state index is 6.21. The number of benzene rings is 1. The normalized spacial score (nSPS) is 20.9. The van der Waals surface area contributed by atoms with E-state index in [1.54, 1.807) is 0 Å². The molecule has 21 heavy (non-hydrogen) atoms. The van der Waals surface area contributed by atoms with Crippen molar-refractivity contribution in [2.75, 3.05) is 6.54 Å². The van der Waals surface area contributed by atoms with Gasteiger partial charge in [-0.15, -0.1) is 0 Å². The van der Waals surface area contributed by atoms with Crippen LogP contribution in [0.15, 0.2) is 30.6 Å². The molecule has 1 aromatic heterocycles. The van der Waals surface area contributed by atoms with Gasteiger partial charge in [-0.1, -0.05) is 24.6 Å². The molecule has 112 valence electrons. The van der Waals surface area contributed by atoms with Crippen molar-refractivity contribution in [3.63, 3.8) is 0 Å². The van der Waals surface area contributed by atoms with E-state index in [-0.39, 0.29) is 6.10 Å². The van der Waals surface area contributed by atoms with Gasteiger partial charge in [0.15, 0.2) is 0 Å². The smallest absolute Gasteiger partial charge is 0.129 e. The molecule has 0 amide bonds. The first-order valence-corrected chi connectivity index (χ1v) is 7.74. The lowest BCUT2D eigenvalue weighted by Crippen LogP contribution is -2.29. The summed E-state index contributed by atoms with van der Waals surface area (Å²) >= 11 is 0. The van der Waals surface area contributed by atoms with Crippen LogP contribution in [0.1, 0.15) is 49.1 Å². The third-order valence-electron chi connectivity index (χ3n) is 4.06. The summed E-state index contributed by atoms with van der Waals surface area (Å²) in [4.78, 5) is 0. The first-order valence-electron chi connectivity index (χ1n) is 7.74. The Morgan fingerprint density at radius 1 is 1.38 bits per heavy atom. The van der Waals surface area contributed by atoms with E-state index in [9.17, 15) is 0 Å². The molecule has 0 radical (unpaired) electrons. The van der Waals surface area contributed by atoms with Crippen LogP contribution in [-0.2, 0) is 6.54 Å². The molecule has 0 saturated carbocycles. The molecule has 0 saturated heterocycles. The summed E-state index contributed by atoms with van der Waals surface area (Å²) in [6.07, 6.45) is 5.03. The van der Waals surface area contributed by atoms with Crippen LogP contribution in [0, 0.1) is 6.92 Å². The second-order valence-electron chi connectivity index (χ2n) is 5.62. The fourth-order valence-corrected chi connectivity index (χ4v) is 2.95. The molecule has 4 nitrogen and oxygen atoms in total. The van der Waals surface area contributed by atoms with E-state index in [0.29, 0.717) is 6.04 Å². The van der Waals surface area contributed by atoms with Crippen molar-refractivity contribution in [1.29, 1.82) is 0 Å². The Morgan fingerprint density at radius 2 is 2.24 bits per heavy atom. The van der Waals surface area contributed by atoms with E-state index in [2.05, 4.69) is 55.6 Å². The molecule has 4 heteroatoms. The highest BCUT2D eigenvalue weighted by Crippen LogP contribution is 2.41. The molecule has 0 bridgehead atoms. The Balaban J connectivity index is 1.91. The average molecular weight is 285 g/mol. The van der Waals surface area contributed by atoms with Gasteiger partial charge in [-0.3, -0.25) is 4.68 Å². The van der Waals surface area contributed by atoms with E-state index >= 15 is 0 Å². The molecule has 2 aromatic rings. The molecule has 2 unspecified atom stereocenters. The summed E-state index contributed by atoms with van der Waals surface area (Å²) in [6, 6.07) is 6.77. The van der Waals surface area contributed by atoms with Crippen molar-refractivity contribution < 1.29 is 4.74 Å². The van der Waals surface area contributed by atoms with Crippen molar-refractivity contribution in [2.45, 2.75) is 45.9 Å². The SMILES string of the molecule is CCNC1CC(c2cnn(CC)c2)Oc2ccc(C)cc21. The van der Waals surface area contributed by atoms with E-state index in [4.69, 9.17) is 4.74 Å². The van der Waals surface area contributed by atoms with Gasteiger partial charge >= 0.3 is 0 Å². The van der Waals surface area contributed by atoms with Crippen LogP contribution in [0.4, 0.5) is 0 Å². The van der Waals surface area contributed by atoms with Crippen LogP contribution in [0.5, 0.6) is 5.75 Å². The molecular formula is C17H23N3O. The average Bonchev–Trinajstić information content (AvgIpc) is 2.97. The molecule has 0 spiro atoms. The van der Waals surface area contributed by atoms with Gasteiger partial charge in [0, 0.05) is 36.3 Å². The van der Waals surface area contributed by atoms with Gasteiger partial charge in [0.1, 0.15) is 11.9 Å². The Labute approximate surface area is 126 Å². The quantitative estimate of drug-likeness (QED) is 0.936. The predicted octanol–water partition coefficient (Wildman–Crippen LogP) is 3.39. The molecule has 2 heterocycles. The summed E-state index contributed by atoms with van der Waals surface area (Å²) in [5, 5.41) is 7.95. The number of nitrogens with zero attached hydrogens (tertiary/aromatic N) is 2. The van der Waals surface area contributed by atoms with Crippen LogP contribution in [0.2, 0.25) is 0 Å². The van der Waals surface area contributed by atoms with Crippen LogP contribution < -0.4 is 10.1 Å². The lowest BCUT2D eigenvalue weighted by atomic mass is 9.93. The topological polar surface area (TPSA) is 39.1 Å². The van der Waals surface area contributed by atoms with Gasteiger partial charge in [0.25, 0.3) is 0 Å². The van der Waals surface area contributed by atoms with Gasteiger partial charge in [0.05, 0.1) is 6.20 Å². The monoisotopic (exact) mass is 285 g/mol. The molecule has 2 atom stereocenters. The molecule has 3 rings (SSSR count). The zero-order chi connectivity index (χ0) is 14.8. The number of rotatable bonds is 4. The van der Waals surface area contributed by atoms with E-state index in [1.807, 2.05) is 10.9 Å². The summed E-state index contributed by atoms with van der Waals surface area (Å²) in [7, 11) is 0. The molecule has 0 aliphatic carbocycles. The fraction of sp³-hybridized carbons (Fsp3) is 0.471. The number of ether oxygens (including phenoxy) is 1. The van der Waals surface area contributed by atoms with E-state index in [0.717, 1.165) is 30.8 Å². The lowest BCUT2D eigenvalue weighted by Gasteiger charge is -2.32. The second-order valence-corrected chi connectivity index (χ2v) is 5.62. The van der Waals surface area contributed by atoms with Gasteiger partial charge in [-0.2, -0.15) is 5.10 Å². The number of hydrogen-bond donors (Lipinski definition) is 1. The highest BCUT2D eigenvalue weighted by Gasteiger charge is 2.29. The van der Waals surface area contributed by atoms with Crippen molar-refractivity contribution >= 4 is 0 Å². The Kier molecular flexibility index (Phi) is 3.97. The van der Waals surface area contributed by atoms with Gasteiger partial charge < -0.3 is 10.1 Å². The number of aromatic nitrogens is 2. The molecule has 0 fully saturated rings. The largest absolute Gasteiger partial charge is 0.485 e. The Morgan fingerprint density at radius 3 is 2.95 bits per heavy atom. The molecular weight excluding hydrogens is 262 g/mol. The second kappa shape index (κ2) is 5.90. The zero-order valence-electron chi connectivity index (χ0n) is 13.0. The van der Waals surface area contributed by atoms with E-state index in [1.165, 1.54) is 11.1 Å². The molecule has 1 N–H and O–H groups in total. The molecule has 1 aromatic carbocycles. The van der Waals surface area contributed by atoms with Gasteiger partial charge in [0.2, 0.25) is 0 Å². The first kappa shape index (κ1) is 14.1. The van der Waals surface area contributed by atoms with Crippen molar-refractivity contribution in [2.24, 2.45) is 0 Å². The minimum atomic E-state index is 0.0737. The van der Waals surface area contributed by atoms with E-state index < -0.39 is 0 Å². The zero-order valence-corrected chi connectivity index (χ0v) is 13.0. The minimum absolute atomic E-state index is 0.0737. The fourth-order valence-electron chi connectivity index (χ4n) is 2.95. The van der Waals surface area contributed by atoms with Crippen LogP contribution in [0.25, 0.3) is 0 Å². The third-order valence-corrected chi connectivity index (χ3v) is 4.06. The highest BCUT2D eigenvalue weighted by molar-refractivity contribution is 5.41. The molecule has 1 aliphatic heterocycles. The highest BCUT2D eigenvalue weighted by atomic mass is 16.5. The lowest BCUT2D eigenvalue weighted by molar-refractivity contribution is 0.152. The van der Waals surface area contributed by atoms with Crippen molar-refractivity contribution in [1.82, 2.24) is 15.1 Å². The Bertz CT molecular complexity index is 620. The maximum Gasteiger partial charge on any atom is 0.129 e. The van der Waals surface area contributed by atoms with Crippen LogP contribution in [0.3, 0.4) is 0 Å². The minimum Gasteiger partial charge on any atom is -0.485 e. The summed E-state index contributed by atoms with van der Waals surface area (Å²) in [5.41, 5.74) is 3.71. The van der Waals surface area contributed by atoms with Gasteiger partial charge in [-0.25, -0.2) is 0 Å². The molecule has 1 aliphatic rings. The standard InChI is InChI=1S/C17H23N3O/c1-4-18-15-9-17(13-10-19-20(5-2)11-13)21-16-7-6-12(3)8-14(15)16/h6-8,10-11,15,17-18H,4-5,9H2,1-3H3. The maximum absolute atomic E-state index is 6.21. The summed E-state index contributed by atoms with van der Waals surface area (Å²) < 4.78 is 8.16. The van der Waals surface area contributed by atoms with Crippen LogP contribution >= 0.6 is 0 Å². The number of aryl methyl sites for hydroxylation is 2. The van der Waals surface area contributed by atoms with Crippen molar-refractivity contribution in [3.05, 3.63) is 47.3 Å². The summed E-state index contributed by atoms with van der Waals surface area (Å²) in [6.45, 7) is 8.21. The van der Waals surface area contributed by atoms with Crippen molar-refractivity contribution in [3.8, 4) is 5.75 Å². The van der Waals surface area contributed by atoms with Crippen LogP contribution in [-0.4, -0.2) is 16.3 Å².